The van der Waals surface area contributed by atoms with Crippen LogP contribution in [0.3, 0.4) is 0 Å². The number of aliphatic hydroxyl groups excluding tert-OH is 1. The van der Waals surface area contributed by atoms with Crippen LogP contribution >= 0.6 is 0 Å². The summed E-state index contributed by atoms with van der Waals surface area (Å²) in [4.78, 5) is 37.6. The van der Waals surface area contributed by atoms with E-state index in [0.717, 1.165) is 12.8 Å². The zero-order valence-corrected chi connectivity index (χ0v) is 24.4. The number of fused-ring (bicyclic) bond motifs is 1. The van der Waals surface area contributed by atoms with Crippen LogP contribution in [0.4, 0.5) is 0 Å². The number of aliphatic hydroxyl groups is 1. The average Bonchev–Trinajstić information content (AvgIpc) is 2.87. The largest absolute Gasteiger partial charge is 0.465 e. The Kier molecular flexibility index (Phi) is 11.0. The summed E-state index contributed by atoms with van der Waals surface area (Å²) in [5, 5.41) is 10.0. The number of hydrogen-bond acceptors (Lipinski definition) is 7. The molecule has 7 nitrogen and oxygen atoms in total. The Bertz CT molecular complexity index is 952. The topological polar surface area (TPSA) is 99.1 Å². The normalized spacial score (nSPS) is 32.6. The third kappa shape index (κ3) is 8.06. The minimum Gasteiger partial charge on any atom is -0.465 e. The third-order valence-electron chi connectivity index (χ3n) is 8.97. The molecule has 0 aromatic heterocycles. The van der Waals surface area contributed by atoms with Gasteiger partial charge in [-0.3, -0.25) is 14.4 Å². The second kappa shape index (κ2) is 13.8. The van der Waals surface area contributed by atoms with Gasteiger partial charge >= 0.3 is 17.9 Å². The lowest BCUT2D eigenvalue weighted by atomic mass is 9.65. The first kappa shape index (κ1) is 31.1. The van der Waals surface area contributed by atoms with Crippen LogP contribution in [0.5, 0.6) is 0 Å². The van der Waals surface area contributed by atoms with E-state index in [4.69, 9.17) is 14.2 Å². The van der Waals surface area contributed by atoms with Crippen LogP contribution in [0.25, 0.3) is 0 Å². The van der Waals surface area contributed by atoms with Gasteiger partial charge in [0.05, 0.1) is 30.5 Å². The minimum absolute atomic E-state index is 0.0641. The number of cyclic esters (lactones) is 1. The standard InChI is InChI=1S/C32H48O7/c1-7-14-32(6,8-2)31(36)37-15-13-22(5)30(35)39-27-17-20(3)16-23-10-9-21(4)26(29(23)27)12-11-25-18-24(33)19-28(34)38-25/h7,9-10,16,20-22,24-27,29,33H,1,8,11-15,17-19H2,2-6H3/t20-,21-,22-,24+,25-,26-,27-,29-,32?/m0/s1. The van der Waals surface area contributed by atoms with Crippen molar-refractivity contribution >= 4 is 17.9 Å². The Labute approximate surface area is 234 Å². The van der Waals surface area contributed by atoms with Crippen LogP contribution in [-0.4, -0.2) is 47.9 Å². The van der Waals surface area contributed by atoms with E-state index in [2.05, 4.69) is 38.7 Å². The van der Waals surface area contributed by atoms with Crippen molar-refractivity contribution in [2.75, 3.05) is 6.61 Å². The molecule has 3 rings (SSSR count). The van der Waals surface area contributed by atoms with Gasteiger partial charge in [-0.1, -0.05) is 52.0 Å². The van der Waals surface area contributed by atoms with Crippen molar-refractivity contribution in [2.24, 2.45) is 35.0 Å². The van der Waals surface area contributed by atoms with Gasteiger partial charge in [-0.15, -0.1) is 6.58 Å². The van der Waals surface area contributed by atoms with Crippen molar-refractivity contribution < 1.29 is 33.7 Å². The van der Waals surface area contributed by atoms with Crippen molar-refractivity contribution in [3.8, 4) is 0 Å². The SMILES string of the molecule is C=CCC(C)(CC)C(=O)OCC[C@H](C)C(=O)O[C@H]1C[C@@H](C)C=C2C=C[C@H](C)[C@H](CC[C@H]3C[C@@H](O)CC(=O)O3)[C@H]21. The highest BCUT2D eigenvalue weighted by Gasteiger charge is 2.42. The van der Waals surface area contributed by atoms with Gasteiger partial charge in [-0.05, 0) is 68.8 Å². The summed E-state index contributed by atoms with van der Waals surface area (Å²) in [6, 6.07) is 0. The van der Waals surface area contributed by atoms with E-state index in [0.29, 0.717) is 32.1 Å². The summed E-state index contributed by atoms with van der Waals surface area (Å²) >= 11 is 0. The summed E-state index contributed by atoms with van der Waals surface area (Å²) in [6.07, 6.45) is 11.6. The molecule has 0 aromatic carbocycles. The summed E-state index contributed by atoms with van der Waals surface area (Å²) in [7, 11) is 0. The van der Waals surface area contributed by atoms with Crippen LogP contribution in [-0.2, 0) is 28.6 Å². The lowest BCUT2D eigenvalue weighted by Gasteiger charge is -2.43. The van der Waals surface area contributed by atoms with Gasteiger partial charge < -0.3 is 19.3 Å². The van der Waals surface area contributed by atoms with Gasteiger partial charge in [0.1, 0.15) is 12.2 Å². The Balaban J connectivity index is 1.61. The monoisotopic (exact) mass is 544 g/mol. The van der Waals surface area contributed by atoms with Crippen LogP contribution < -0.4 is 0 Å². The molecular weight excluding hydrogens is 496 g/mol. The maximum Gasteiger partial charge on any atom is 0.312 e. The number of carbonyl (C=O) groups excluding carboxylic acids is 3. The number of rotatable bonds is 12. The summed E-state index contributed by atoms with van der Waals surface area (Å²) in [5.74, 6) is -0.383. The molecule has 7 heteroatoms. The van der Waals surface area contributed by atoms with Crippen molar-refractivity contribution in [3.05, 3.63) is 36.5 Å². The van der Waals surface area contributed by atoms with Crippen LogP contribution in [0.2, 0.25) is 0 Å². The highest BCUT2D eigenvalue weighted by atomic mass is 16.6. The molecular formula is C32H48O7. The lowest BCUT2D eigenvalue weighted by molar-refractivity contribution is -0.163. The molecule has 0 amide bonds. The van der Waals surface area contributed by atoms with Crippen molar-refractivity contribution in [1.29, 1.82) is 0 Å². The minimum atomic E-state index is -0.641. The molecule has 218 valence electrons. The molecule has 1 unspecified atom stereocenters. The van der Waals surface area contributed by atoms with Crippen molar-refractivity contribution in [3.63, 3.8) is 0 Å². The van der Waals surface area contributed by atoms with E-state index in [1.807, 2.05) is 20.8 Å². The Morgan fingerprint density at radius 2 is 2.03 bits per heavy atom. The summed E-state index contributed by atoms with van der Waals surface area (Å²) < 4.78 is 17.2. The highest BCUT2D eigenvalue weighted by molar-refractivity contribution is 5.76. The average molecular weight is 545 g/mol. The van der Waals surface area contributed by atoms with E-state index < -0.39 is 17.4 Å². The molecule has 1 saturated heterocycles. The fourth-order valence-corrected chi connectivity index (χ4v) is 6.21. The predicted octanol–water partition coefficient (Wildman–Crippen LogP) is 5.71. The van der Waals surface area contributed by atoms with Crippen LogP contribution in [0, 0.1) is 35.0 Å². The number of ether oxygens (including phenoxy) is 3. The Morgan fingerprint density at radius 1 is 1.28 bits per heavy atom. The van der Waals surface area contributed by atoms with E-state index in [1.54, 1.807) is 6.08 Å². The number of carbonyl (C=O) groups is 3. The molecule has 3 aliphatic rings. The maximum atomic E-state index is 13.2. The summed E-state index contributed by atoms with van der Waals surface area (Å²) in [5.41, 5.74) is 0.610. The van der Waals surface area contributed by atoms with Gasteiger partial charge in [-0.2, -0.15) is 0 Å². The van der Waals surface area contributed by atoms with E-state index >= 15 is 0 Å². The molecule has 1 N–H and O–H groups in total. The molecule has 39 heavy (non-hydrogen) atoms. The van der Waals surface area contributed by atoms with Gasteiger partial charge in [-0.25, -0.2) is 0 Å². The number of esters is 3. The van der Waals surface area contributed by atoms with Crippen molar-refractivity contribution in [1.82, 2.24) is 0 Å². The molecule has 9 atom stereocenters. The molecule has 1 aliphatic heterocycles. The zero-order valence-electron chi connectivity index (χ0n) is 24.4. The number of hydrogen-bond donors (Lipinski definition) is 1. The lowest BCUT2D eigenvalue weighted by Crippen LogP contribution is -2.42. The molecule has 0 saturated carbocycles. The molecule has 0 spiro atoms. The molecule has 0 bridgehead atoms. The molecule has 0 radical (unpaired) electrons. The van der Waals surface area contributed by atoms with Crippen LogP contribution in [0.1, 0.15) is 86.0 Å². The van der Waals surface area contributed by atoms with Gasteiger partial charge in [0.2, 0.25) is 0 Å². The van der Waals surface area contributed by atoms with Gasteiger partial charge in [0, 0.05) is 12.3 Å². The van der Waals surface area contributed by atoms with Crippen LogP contribution in [0.15, 0.2) is 36.5 Å². The Hall–Kier alpha value is -2.41. The first-order valence-corrected chi connectivity index (χ1v) is 14.7. The molecule has 0 aromatic rings. The van der Waals surface area contributed by atoms with E-state index in [9.17, 15) is 19.5 Å². The van der Waals surface area contributed by atoms with E-state index in [-0.39, 0.29) is 66.8 Å². The van der Waals surface area contributed by atoms with Gasteiger partial charge in [0.15, 0.2) is 0 Å². The molecule has 1 fully saturated rings. The fraction of sp³-hybridized carbons (Fsp3) is 0.719. The fourth-order valence-electron chi connectivity index (χ4n) is 6.21. The quantitative estimate of drug-likeness (QED) is 0.191. The first-order valence-electron chi connectivity index (χ1n) is 14.7. The zero-order chi connectivity index (χ0) is 28.7. The molecule has 1 heterocycles. The van der Waals surface area contributed by atoms with Gasteiger partial charge in [0.25, 0.3) is 0 Å². The Morgan fingerprint density at radius 3 is 2.69 bits per heavy atom. The van der Waals surface area contributed by atoms with E-state index in [1.165, 1.54) is 5.57 Å². The maximum absolute atomic E-state index is 13.2. The smallest absolute Gasteiger partial charge is 0.312 e. The third-order valence-corrected chi connectivity index (χ3v) is 8.97. The summed E-state index contributed by atoms with van der Waals surface area (Å²) in [6.45, 7) is 13.9. The first-order chi connectivity index (χ1) is 18.5. The number of allylic oxidation sites excluding steroid dienone is 4. The molecule has 2 aliphatic carbocycles. The highest BCUT2D eigenvalue weighted by Crippen LogP contribution is 2.45. The van der Waals surface area contributed by atoms with Crippen molar-refractivity contribution in [2.45, 2.75) is 104 Å². The second-order valence-corrected chi connectivity index (χ2v) is 12.3. The predicted molar refractivity (Wildman–Crippen MR) is 149 cm³/mol. The second-order valence-electron chi connectivity index (χ2n) is 12.3.